The van der Waals surface area contributed by atoms with Gasteiger partial charge in [-0.3, -0.25) is 0 Å². The SMILES string of the molecule is COCc1nc2n(n1)[C@@H](c1ccc(OC)c(OC)c1)C[C@@H](C)N2. The highest BCUT2D eigenvalue weighted by Gasteiger charge is 2.28. The third-order valence-corrected chi connectivity index (χ3v) is 3.99. The van der Waals surface area contributed by atoms with E-state index in [-0.39, 0.29) is 6.04 Å². The first-order valence-corrected chi connectivity index (χ1v) is 7.59. The quantitative estimate of drug-likeness (QED) is 0.911. The molecule has 0 amide bonds. The predicted octanol–water partition coefficient (Wildman–Crippen LogP) is 2.24. The molecule has 7 heteroatoms. The van der Waals surface area contributed by atoms with Gasteiger partial charge in [0.2, 0.25) is 5.95 Å². The summed E-state index contributed by atoms with van der Waals surface area (Å²) < 4.78 is 17.8. The number of aromatic nitrogens is 3. The third-order valence-electron chi connectivity index (χ3n) is 3.99. The Kier molecular flexibility index (Phi) is 4.38. The molecule has 1 aliphatic heterocycles. The van der Waals surface area contributed by atoms with Crippen molar-refractivity contribution < 1.29 is 14.2 Å². The molecule has 0 unspecified atom stereocenters. The Morgan fingerprint density at radius 3 is 2.70 bits per heavy atom. The zero-order valence-corrected chi connectivity index (χ0v) is 13.9. The molecule has 1 aromatic heterocycles. The molecule has 7 nitrogen and oxygen atoms in total. The molecule has 23 heavy (non-hydrogen) atoms. The molecule has 0 spiro atoms. The van der Waals surface area contributed by atoms with Crippen LogP contribution < -0.4 is 14.8 Å². The van der Waals surface area contributed by atoms with E-state index < -0.39 is 0 Å². The van der Waals surface area contributed by atoms with Gasteiger partial charge in [-0.2, -0.15) is 10.1 Å². The molecule has 124 valence electrons. The maximum Gasteiger partial charge on any atom is 0.222 e. The monoisotopic (exact) mass is 318 g/mol. The van der Waals surface area contributed by atoms with Crippen LogP contribution >= 0.6 is 0 Å². The second kappa shape index (κ2) is 6.45. The molecule has 2 aromatic rings. The first-order valence-electron chi connectivity index (χ1n) is 7.59. The summed E-state index contributed by atoms with van der Waals surface area (Å²) in [6.45, 7) is 2.54. The standard InChI is InChI=1S/C16H22N4O3/c1-10-7-12(11-5-6-13(22-3)14(8-11)23-4)20-16(17-10)18-15(19-20)9-21-2/h5-6,8,10,12H,7,9H2,1-4H3,(H,17,18,19)/t10-,12-/m1/s1. The normalized spacial score (nSPS) is 19.8. The summed E-state index contributed by atoms with van der Waals surface area (Å²) in [7, 11) is 4.92. The molecule has 1 N–H and O–H groups in total. The fourth-order valence-corrected chi connectivity index (χ4v) is 2.92. The van der Waals surface area contributed by atoms with Gasteiger partial charge < -0.3 is 19.5 Å². The third kappa shape index (κ3) is 2.96. The molecule has 1 aliphatic rings. The lowest BCUT2D eigenvalue weighted by Crippen LogP contribution is -2.31. The van der Waals surface area contributed by atoms with Crippen LogP contribution in [-0.2, 0) is 11.3 Å². The van der Waals surface area contributed by atoms with E-state index in [2.05, 4.69) is 22.3 Å². The molecule has 0 radical (unpaired) electrons. The Hall–Kier alpha value is -2.28. The van der Waals surface area contributed by atoms with Crippen LogP contribution in [0.1, 0.15) is 30.8 Å². The number of nitrogens with one attached hydrogen (secondary N) is 1. The van der Waals surface area contributed by atoms with Crippen LogP contribution in [0, 0.1) is 0 Å². The van der Waals surface area contributed by atoms with Gasteiger partial charge in [-0.1, -0.05) is 6.07 Å². The topological polar surface area (TPSA) is 70.4 Å². The van der Waals surface area contributed by atoms with Crippen LogP contribution in [-0.4, -0.2) is 42.1 Å². The van der Waals surface area contributed by atoms with Gasteiger partial charge in [0.15, 0.2) is 17.3 Å². The van der Waals surface area contributed by atoms with Gasteiger partial charge in [0.05, 0.1) is 20.3 Å². The first-order chi connectivity index (χ1) is 11.2. The van der Waals surface area contributed by atoms with Crippen molar-refractivity contribution in [2.24, 2.45) is 0 Å². The highest BCUT2D eigenvalue weighted by Crippen LogP contribution is 2.36. The summed E-state index contributed by atoms with van der Waals surface area (Å²) in [6, 6.07) is 6.38. The van der Waals surface area contributed by atoms with Crippen molar-refractivity contribution in [3.05, 3.63) is 29.6 Å². The number of hydrogen-bond acceptors (Lipinski definition) is 6. The molecule has 1 aromatic carbocycles. The number of rotatable bonds is 5. The highest BCUT2D eigenvalue weighted by molar-refractivity contribution is 5.45. The van der Waals surface area contributed by atoms with Gasteiger partial charge in [0, 0.05) is 13.2 Å². The van der Waals surface area contributed by atoms with E-state index in [0.29, 0.717) is 18.5 Å². The van der Waals surface area contributed by atoms with E-state index in [1.807, 2.05) is 22.9 Å². The predicted molar refractivity (Wildman–Crippen MR) is 86.1 cm³/mol. The molecule has 3 rings (SSSR count). The molecule has 2 atom stereocenters. The Labute approximate surface area is 135 Å². The van der Waals surface area contributed by atoms with Gasteiger partial charge in [0.25, 0.3) is 0 Å². The van der Waals surface area contributed by atoms with E-state index in [4.69, 9.17) is 14.2 Å². The fourth-order valence-electron chi connectivity index (χ4n) is 2.92. The van der Waals surface area contributed by atoms with Crippen LogP contribution in [0.5, 0.6) is 11.5 Å². The Balaban J connectivity index is 2.00. The number of methoxy groups -OCH3 is 3. The Morgan fingerprint density at radius 2 is 2.00 bits per heavy atom. The lowest BCUT2D eigenvalue weighted by Gasteiger charge is -2.29. The molecule has 0 fully saturated rings. The van der Waals surface area contributed by atoms with Crippen molar-refractivity contribution in [2.75, 3.05) is 26.6 Å². The smallest absolute Gasteiger partial charge is 0.222 e. The van der Waals surface area contributed by atoms with Crippen LogP contribution in [0.25, 0.3) is 0 Å². The maximum absolute atomic E-state index is 5.42. The zero-order valence-electron chi connectivity index (χ0n) is 13.9. The van der Waals surface area contributed by atoms with Crippen molar-refractivity contribution in [3.63, 3.8) is 0 Å². The minimum atomic E-state index is 0.0964. The highest BCUT2D eigenvalue weighted by atomic mass is 16.5. The van der Waals surface area contributed by atoms with E-state index in [9.17, 15) is 0 Å². The van der Waals surface area contributed by atoms with Crippen LogP contribution in [0.2, 0.25) is 0 Å². The van der Waals surface area contributed by atoms with E-state index in [0.717, 1.165) is 29.4 Å². The number of benzene rings is 1. The molecule has 2 heterocycles. The van der Waals surface area contributed by atoms with E-state index >= 15 is 0 Å². The van der Waals surface area contributed by atoms with Crippen molar-refractivity contribution in [1.29, 1.82) is 0 Å². The average molecular weight is 318 g/mol. The van der Waals surface area contributed by atoms with Crippen LogP contribution in [0.15, 0.2) is 18.2 Å². The summed E-state index contributed by atoms with van der Waals surface area (Å²) in [6.07, 6.45) is 0.915. The second-order valence-corrected chi connectivity index (χ2v) is 5.64. The summed E-state index contributed by atoms with van der Waals surface area (Å²) in [5.74, 6) is 2.89. The van der Waals surface area contributed by atoms with Crippen molar-refractivity contribution in [2.45, 2.75) is 32.0 Å². The van der Waals surface area contributed by atoms with Gasteiger partial charge in [-0.05, 0) is 31.0 Å². The summed E-state index contributed by atoms with van der Waals surface area (Å²) in [5, 5.41) is 7.94. The lowest BCUT2D eigenvalue weighted by molar-refractivity contribution is 0.177. The summed E-state index contributed by atoms with van der Waals surface area (Å²) >= 11 is 0. The lowest BCUT2D eigenvalue weighted by atomic mass is 9.98. The number of ether oxygens (including phenoxy) is 3. The van der Waals surface area contributed by atoms with E-state index in [1.165, 1.54) is 0 Å². The molecule has 0 saturated heterocycles. The van der Waals surface area contributed by atoms with Crippen LogP contribution in [0.3, 0.4) is 0 Å². The number of anilines is 1. The fraction of sp³-hybridized carbons (Fsp3) is 0.500. The largest absolute Gasteiger partial charge is 0.493 e. The van der Waals surface area contributed by atoms with E-state index in [1.54, 1.807) is 21.3 Å². The Morgan fingerprint density at radius 1 is 1.22 bits per heavy atom. The van der Waals surface area contributed by atoms with Gasteiger partial charge in [-0.25, -0.2) is 4.68 Å². The van der Waals surface area contributed by atoms with Gasteiger partial charge in [0.1, 0.15) is 6.61 Å². The number of fused-ring (bicyclic) bond motifs is 1. The number of nitrogens with zero attached hydrogens (tertiary/aromatic N) is 3. The maximum atomic E-state index is 5.42. The van der Waals surface area contributed by atoms with Gasteiger partial charge in [-0.15, -0.1) is 0 Å². The van der Waals surface area contributed by atoms with Gasteiger partial charge >= 0.3 is 0 Å². The first kappa shape index (κ1) is 15.6. The summed E-state index contributed by atoms with van der Waals surface area (Å²) in [5.41, 5.74) is 1.12. The van der Waals surface area contributed by atoms with Crippen molar-refractivity contribution in [3.8, 4) is 11.5 Å². The Bertz CT molecular complexity index is 686. The van der Waals surface area contributed by atoms with Crippen molar-refractivity contribution in [1.82, 2.24) is 14.8 Å². The molecular weight excluding hydrogens is 296 g/mol. The molecule has 0 bridgehead atoms. The second-order valence-electron chi connectivity index (χ2n) is 5.64. The van der Waals surface area contributed by atoms with Crippen LogP contribution in [0.4, 0.5) is 5.95 Å². The minimum Gasteiger partial charge on any atom is -0.493 e. The summed E-state index contributed by atoms with van der Waals surface area (Å²) in [4.78, 5) is 4.50. The molecular formula is C16H22N4O3. The molecule has 0 aliphatic carbocycles. The number of hydrogen-bond donors (Lipinski definition) is 1. The minimum absolute atomic E-state index is 0.0964. The van der Waals surface area contributed by atoms with Crippen molar-refractivity contribution >= 4 is 5.95 Å². The molecule has 0 saturated carbocycles. The zero-order chi connectivity index (χ0) is 16.4. The average Bonchev–Trinajstić information content (AvgIpc) is 2.96.